The maximum absolute atomic E-state index is 11.2. The minimum Gasteiger partial charge on any atom is -0.235 e. The maximum Gasteiger partial charge on any atom is 0.150 e. The molecule has 78 valence electrons. The molecule has 0 unspecified atom stereocenters. The summed E-state index contributed by atoms with van der Waals surface area (Å²) in [6.45, 7) is 0. The molecule has 0 atom stereocenters. The van der Waals surface area contributed by atoms with E-state index < -0.39 is 9.84 Å². The van der Waals surface area contributed by atoms with Crippen LogP contribution in [-0.2, 0) is 9.84 Å². The Kier molecular flexibility index (Phi) is 2.61. The quantitative estimate of drug-likeness (QED) is 0.763. The van der Waals surface area contributed by atoms with Gasteiger partial charge in [0.1, 0.15) is 14.4 Å². The molecule has 2 heterocycles. The Balaban J connectivity index is 2.13. The minimum absolute atomic E-state index is 0.162. The van der Waals surface area contributed by atoms with Crippen LogP contribution >= 0.6 is 15.9 Å². The van der Waals surface area contributed by atoms with Crippen molar-refractivity contribution >= 4 is 25.8 Å². The van der Waals surface area contributed by atoms with Gasteiger partial charge in [-0.2, -0.15) is 0 Å². The van der Waals surface area contributed by atoms with Crippen molar-refractivity contribution in [2.24, 2.45) is 0 Å². The van der Waals surface area contributed by atoms with Crippen molar-refractivity contribution in [1.29, 1.82) is 0 Å². The molecule has 0 N–H and O–H groups in total. The lowest BCUT2D eigenvalue weighted by atomic mass is 10.2. The lowest BCUT2D eigenvalue weighted by Gasteiger charge is -2.22. The highest BCUT2D eigenvalue weighted by atomic mass is 79.9. The van der Waals surface area contributed by atoms with Crippen molar-refractivity contribution in [2.45, 2.75) is 18.9 Å². The molecule has 1 aromatic heterocycles. The lowest BCUT2D eigenvalue weighted by molar-refractivity contribution is 0.398. The number of halogens is 1. The van der Waals surface area contributed by atoms with Crippen LogP contribution in [0.25, 0.3) is 0 Å². The summed E-state index contributed by atoms with van der Waals surface area (Å²) < 4.78 is 24.9. The zero-order chi connectivity index (χ0) is 10.2. The first-order chi connectivity index (χ1) is 6.58. The monoisotopic (exact) mass is 279 g/mol. The Morgan fingerprint density at radius 3 is 2.57 bits per heavy atom. The normalized spacial score (nSPS) is 22.4. The first kappa shape index (κ1) is 10.1. The third-order valence-corrected chi connectivity index (χ3v) is 4.68. The molecule has 7 heteroatoms. The third-order valence-electron chi connectivity index (χ3n) is 2.40. The second-order valence-corrected chi connectivity index (χ2v) is 6.50. The fourth-order valence-electron chi connectivity index (χ4n) is 1.60. The molecule has 14 heavy (non-hydrogen) atoms. The Bertz CT molecular complexity index is 414. The summed E-state index contributed by atoms with van der Waals surface area (Å²) in [6.07, 6.45) is 2.87. The number of sulfone groups is 1. The van der Waals surface area contributed by atoms with E-state index in [-0.39, 0.29) is 17.5 Å². The highest BCUT2D eigenvalue weighted by Gasteiger charge is 2.26. The van der Waals surface area contributed by atoms with Crippen LogP contribution in [0.4, 0.5) is 0 Å². The van der Waals surface area contributed by atoms with E-state index in [1.54, 1.807) is 10.9 Å². The first-order valence-corrected chi connectivity index (χ1v) is 6.96. The molecule has 0 aromatic carbocycles. The van der Waals surface area contributed by atoms with E-state index in [9.17, 15) is 8.42 Å². The zero-order valence-electron chi connectivity index (χ0n) is 7.43. The topological polar surface area (TPSA) is 64.8 Å². The fourth-order valence-corrected chi connectivity index (χ4v) is 3.52. The van der Waals surface area contributed by atoms with Gasteiger partial charge in [-0.05, 0) is 28.8 Å². The molecular weight excluding hydrogens is 270 g/mol. The number of nitrogens with zero attached hydrogens (tertiary/aromatic N) is 3. The lowest BCUT2D eigenvalue weighted by Crippen LogP contribution is -2.26. The minimum atomic E-state index is -2.80. The van der Waals surface area contributed by atoms with Gasteiger partial charge in [0.2, 0.25) is 0 Å². The van der Waals surface area contributed by atoms with Crippen LogP contribution in [0.5, 0.6) is 0 Å². The van der Waals surface area contributed by atoms with Gasteiger partial charge in [0.25, 0.3) is 0 Å². The molecule has 0 aliphatic carbocycles. The Morgan fingerprint density at radius 1 is 1.43 bits per heavy atom. The molecule has 1 aliphatic heterocycles. The molecule has 1 aliphatic rings. The van der Waals surface area contributed by atoms with Crippen LogP contribution in [0.15, 0.2) is 10.8 Å². The van der Waals surface area contributed by atoms with Gasteiger partial charge in [0.05, 0.1) is 23.7 Å². The van der Waals surface area contributed by atoms with E-state index in [1.807, 2.05) is 0 Å². The summed E-state index contributed by atoms with van der Waals surface area (Å²) in [4.78, 5) is 0. The molecular formula is C7H10BrN3O2S. The van der Waals surface area contributed by atoms with Crippen LogP contribution in [-0.4, -0.2) is 34.9 Å². The van der Waals surface area contributed by atoms with Gasteiger partial charge in [-0.1, -0.05) is 5.21 Å². The molecule has 0 amide bonds. The number of hydrogen-bond donors (Lipinski definition) is 0. The Morgan fingerprint density at radius 2 is 2.07 bits per heavy atom. The second kappa shape index (κ2) is 3.62. The summed E-state index contributed by atoms with van der Waals surface area (Å²) in [5.74, 6) is 0.508. The van der Waals surface area contributed by atoms with Crippen molar-refractivity contribution in [3.8, 4) is 0 Å². The largest absolute Gasteiger partial charge is 0.235 e. The smallest absolute Gasteiger partial charge is 0.150 e. The second-order valence-electron chi connectivity index (χ2n) is 3.38. The van der Waals surface area contributed by atoms with Gasteiger partial charge in [-0.25, -0.2) is 13.1 Å². The van der Waals surface area contributed by atoms with Crippen LogP contribution < -0.4 is 0 Å². The molecule has 1 fully saturated rings. The number of rotatable bonds is 1. The molecule has 0 radical (unpaired) electrons. The van der Waals surface area contributed by atoms with Crippen molar-refractivity contribution in [2.75, 3.05) is 11.5 Å². The SMILES string of the molecule is O=S1(=O)CCC(n2nncc2Br)CC1. The average Bonchev–Trinajstić information content (AvgIpc) is 2.52. The predicted octanol–water partition coefficient (Wildman–Crippen LogP) is 0.790. The molecule has 0 bridgehead atoms. The standard InChI is InChI=1S/C7H10BrN3O2S/c8-7-5-9-10-11(7)6-1-3-14(12,13)4-2-6/h5-6H,1-4H2. The molecule has 0 saturated carbocycles. The van der Waals surface area contributed by atoms with Crippen molar-refractivity contribution in [3.05, 3.63) is 10.8 Å². The van der Waals surface area contributed by atoms with E-state index in [1.165, 1.54) is 0 Å². The summed E-state index contributed by atoms with van der Waals surface area (Å²) >= 11 is 3.32. The van der Waals surface area contributed by atoms with E-state index in [2.05, 4.69) is 26.2 Å². The molecule has 2 rings (SSSR count). The molecule has 0 spiro atoms. The highest BCUT2D eigenvalue weighted by Crippen LogP contribution is 2.25. The number of hydrogen-bond acceptors (Lipinski definition) is 4. The van der Waals surface area contributed by atoms with Crippen molar-refractivity contribution in [3.63, 3.8) is 0 Å². The molecule has 1 aromatic rings. The summed E-state index contributed by atoms with van der Waals surface area (Å²) in [7, 11) is -2.80. The van der Waals surface area contributed by atoms with Gasteiger partial charge >= 0.3 is 0 Å². The van der Waals surface area contributed by atoms with E-state index in [4.69, 9.17) is 0 Å². The van der Waals surface area contributed by atoms with Crippen LogP contribution in [0.2, 0.25) is 0 Å². The van der Waals surface area contributed by atoms with Crippen LogP contribution in [0.3, 0.4) is 0 Å². The van der Waals surface area contributed by atoms with Crippen LogP contribution in [0.1, 0.15) is 18.9 Å². The summed E-state index contributed by atoms with van der Waals surface area (Å²) in [5, 5.41) is 7.66. The van der Waals surface area contributed by atoms with Crippen molar-refractivity contribution in [1.82, 2.24) is 15.0 Å². The zero-order valence-corrected chi connectivity index (χ0v) is 9.83. The van der Waals surface area contributed by atoms with Crippen molar-refractivity contribution < 1.29 is 8.42 Å². The van der Waals surface area contributed by atoms with Gasteiger partial charge in [0.15, 0.2) is 0 Å². The van der Waals surface area contributed by atoms with E-state index >= 15 is 0 Å². The van der Waals surface area contributed by atoms with Gasteiger partial charge in [-0.15, -0.1) is 5.10 Å². The fraction of sp³-hybridized carbons (Fsp3) is 0.714. The summed E-state index contributed by atoms with van der Waals surface area (Å²) in [6, 6.07) is 0.162. The third kappa shape index (κ3) is 1.98. The van der Waals surface area contributed by atoms with Crippen LogP contribution in [0, 0.1) is 0 Å². The molecule has 1 saturated heterocycles. The Labute approximate surface area is 90.5 Å². The van der Waals surface area contributed by atoms with E-state index in [0.717, 1.165) is 4.60 Å². The average molecular weight is 280 g/mol. The first-order valence-electron chi connectivity index (χ1n) is 4.34. The van der Waals surface area contributed by atoms with Gasteiger partial charge in [-0.3, -0.25) is 0 Å². The summed E-state index contributed by atoms with van der Waals surface area (Å²) in [5.41, 5.74) is 0. The van der Waals surface area contributed by atoms with Gasteiger partial charge in [0, 0.05) is 0 Å². The maximum atomic E-state index is 11.2. The Hall–Kier alpha value is -0.430. The predicted molar refractivity (Wildman–Crippen MR) is 54.6 cm³/mol. The van der Waals surface area contributed by atoms with E-state index in [0.29, 0.717) is 12.8 Å². The molecule has 5 nitrogen and oxygen atoms in total. The highest BCUT2D eigenvalue weighted by molar-refractivity contribution is 9.10. The van der Waals surface area contributed by atoms with Gasteiger partial charge < -0.3 is 0 Å². The number of aromatic nitrogens is 3.